The van der Waals surface area contributed by atoms with Crippen LogP contribution in [0.15, 0.2) is 23.7 Å². The Morgan fingerprint density at radius 1 is 1.50 bits per heavy atom. The van der Waals surface area contributed by atoms with Crippen molar-refractivity contribution in [3.63, 3.8) is 0 Å². The van der Waals surface area contributed by atoms with Gasteiger partial charge in [0.25, 0.3) is 0 Å². The number of aromatic amines is 1. The number of hydrogen-bond donors (Lipinski definition) is 1. The van der Waals surface area contributed by atoms with Crippen LogP contribution in [0.25, 0.3) is 0 Å². The smallest absolute Gasteiger partial charge is 0.177 e. The van der Waals surface area contributed by atoms with Gasteiger partial charge in [-0.1, -0.05) is 19.9 Å². The molecule has 0 aliphatic carbocycles. The van der Waals surface area contributed by atoms with Gasteiger partial charge in [-0.05, 0) is 36.0 Å². The van der Waals surface area contributed by atoms with E-state index >= 15 is 0 Å². The van der Waals surface area contributed by atoms with Gasteiger partial charge in [-0.2, -0.15) is 0 Å². The molecule has 2 aromatic heterocycles. The average Bonchev–Trinajstić information content (AvgIpc) is 2.84. The van der Waals surface area contributed by atoms with Gasteiger partial charge < -0.3 is 9.55 Å². The molecule has 0 amide bonds. The molecule has 0 aliphatic rings. The zero-order valence-electron chi connectivity index (χ0n) is 9.56. The van der Waals surface area contributed by atoms with Gasteiger partial charge in [-0.15, -0.1) is 11.3 Å². The lowest BCUT2D eigenvalue weighted by Crippen LogP contribution is -2.06. The highest BCUT2D eigenvalue weighted by molar-refractivity contribution is 7.71. The summed E-state index contributed by atoms with van der Waals surface area (Å²) < 4.78 is 3.04. The second-order valence-electron chi connectivity index (χ2n) is 4.15. The Bertz CT molecular complexity index is 491. The van der Waals surface area contributed by atoms with Crippen molar-refractivity contribution in [1.82, 2.24) is 9.55 Å². The Balaban J connectivity index is 2.14. The van der Waals surface area contributed by atoms with Crippen LogP contribution >= 0.6 is 23.6 Å². The van der Waals surface area contributed by atoms with E-state index in [1.54, 1.807) is 0 Å². The second-order valence-corrected chi connectivity index (χ2v) is 5.57. The van der Waals surface area contributed by atoms with Gasteiger partial charge in [-0.3, -0.25) is 0 Å². The number of rotatable bonds is 4. The highest BCUT2D eigenvalue weighted by Gasteiger charge is 2.07. The largest absolute Gasteiger partial charge is 0.337 e. The summed E-state index contributed by atoms with van der Waals surface area (Å²) >= 11 is 7.11. The third-order valence-electron chi connectivity index (χ3n) is 2.65. The monoisotopic (exact) mass is 252 g/mol. The maximum Gasteiger partial charge on any atom is 0.177 e. The molecular weight excluding hydrogens is 236 g/mol. The fourth-order valence-electron chi connectivity index (χ4n) is 1.79. The number of imidazole rings is 1. The molecule has 0 atom stereocenters. The summed E-state index contributed by atoms with van der Waals surface area (Å²) in [6, 6.07) is 4.27. The first-order valence-electron chi connectivity index (χ1n) is 5.49. The molecule has 0 aliphatic heterocycles. The second kappa shape index (κ2) is 4.97. The van der Waals surface area contributed by atoms with Crippen LogP contribution in [0.5, 0.6) is 0 Å². The Hall–Kier alpha value is -0.870. The summed E-state index contributed by atoms with van der Waals surface area (Å²) in [5.41, 5.74) is 1.29. The Morgan fingerprint density at radius 3 is 2.94 bits per heavy atom. The number of hydrogen-bond acceptors (Lipinski definition) is 2. The average molecular weight is 252 g/mol. The third kappa shape index (κ3) is 2.44. The lowest BCUT2D eigenvalue weighted by atomic mass is 10.1. The summed E-state index contributed by atoms with van der Waals surface area (Å²) in [5, 5.41) is 2.12. The van der Waals surface area contributed by atoms with Gasteiger partial charge in [-0.25, -0.2) is 0 Å². The fraction of sp³-hybridized carbons (Fsp3) is 0.417. The standard InChI is InChI=1S/C12H16N2S2/c1-9(2)11-8-13-12(15)14(11)6-5-10-4-3-7-16-10/h3-4,7-9H,5-6H2,1-2H3,(H,13,15). The van der Waals surface area contributed by atoms with E-state index in [0.29, 0.717) is 5.92 Å². The van der Waals surface area contributed by atoms with Gasteiger partial charge >= 0.3 is 0 Å². The van der Waals surface area contributed by atoms with E-state index in [4.69, 9.17) is 12.2 Å². The number of nitrogens with one attached hydrogen (secondary N) is 1. The highest BCUT2D eigenvalue weighted by atomic mass is 32.1. The molecule has 0 aromatic carbocycles. The van der Waals surface area contributed by atoms with Crippen LogP contribution in [0, 0.1) is 4.77 Å². The number of aromatic nitrogens is 2. The van der Waals surface area contributed by atoms with Crippen LogP contribution in [0.4, 0.5) is 0 Å². The quantitative estimate of drug-likeness (QED) is 0.816. The Kier molecular flexibility index (Phi) is 3.61. The Morgan fingerprint density at radius 2 is 2.31 bits per heavy atom. The Labute approximate surface area is 105 Å². The molecule has 0 spiro atoms. The van der Waals surface area contributed by atoms with Gasteiger partial charge in [0, 0.05) is 23.3 Å². The normalized spacial score (nSPS) is 11.2. The van der Waals surface area contributed by atoms with Crippen molar-refractivity contribution in [3.8, 4) is 0 Å². The predicted octanol–water partition coefficient (Wildman–Crippen LogP) is 3.97. The molecule has 0 saturated carbocycles. The first-order chi connectivity index (χ1) is 7.68. The summed E-state index contributed by atoms with van der Waals surface area (Å²) in [5.74, 6) is 0.510. The number of aryl methyl sites for hydroxylation is 1. The highest BCUT2D eigenvalue weighted by Crippen LogP contribution is 2.16. The molecule has 86 valence electrons. The summed E-state index contributed by atoms with van der Waals surface area (Å²) in [4.78, 5) is 4.54. The van der Waals surface area contributed by atoms with Crippen molar-refractivity contribution < 1.29 is 0 Å². The number of nitrogens with zero attached hydrogens (tertiary/aromatic N) is 1. The predicted molar refractivity (Wildman–Crippen MR) is 71.7 cm³/mol. The van der Waals surface area contributed by atoms with Gasteiger partial charge in [0.05, 0.1) is 0 Å². The first-order valence-corrected chi connectivity index (χ1v) is 6.77. The zero-order valence-corrected chi connectivity index (χ0v) is 11.2. The summed E-state index contributed by atoms with van der Waals surface area (Å²) in [7, 11) is 0. The maximum atomic E-state index is 5.30. The van der Waals surface area contributed by atoms with E-state index in [2.05, 4.69) is 40.9 Å². The molecule has 2 rings (SSSR count). The van der Waals surface area contributed by atoms with Crippen LogP contribution in [-0.4, -0.2) is 9.55 Å². The van der Waals surface area contributed by atoms with Crippen molar-refractivity contribution in [3.05, 3.63) is 39.1 Å². The summed E-state index contributed by atoms with van der Waals surface area (Å²) in [6.07, 6.45) is 3.09. The van der Waals surface area contributed by atoms with Crippen molar-refractivity contribution in [2.24, 2.45) is 0 Å². The van der Waals surface area contributed by atoms with E-state index in [1.807, 2.05) is 17.5 Å². The molecule has 1 N–H and O–H groups in total. The lowest BCUT2D eigenvalue weighted by Gasteiger charge is -2.10. The van der Waals surface area contributed by atoms with E-state index in [-0.39, 0.29) is 0 Å². The van der Waals surface area contributed by atoms with Crippen molar-refractivity contribution in [2.75, 3.05) is 0 Å². The van der Waals surface area contributed by atoms with E-state index in [1.165, 1.54) is 10.6 Å². The van der Waals surface area contributed by atoms with Crippen LogP contribution in [0.3, 0.4) is 0 Å². The topological polar surface area (TPSA) is 20.7 Å². The van der Waals surface area contributed by atoms with Crippen molar-refractivity contribution >= 4 is 23.6 Å². The van der Waals surface area contributed by atoms with Crippen molar-refractivity contribution in [1.29, 1.82) is 0 Å². The molecule has 2 aromatic rings. The number of H-pyrrole nitrogens is 1. The van der Waals surface area contributed by atoms with E-state index in [9.17, 15) is 0 Å². The van der Waals surface area contributed by atoms with E-state index in [0.717, 1.165) is 17.7 Å². The van der Waals surface area contributed by atoms with Crippen molar-refractivity contribution in [2.45, 2.75) is 32.7 Å². The van der Waals surface area contributed by atoms with E-state index < -0.39 is 0 Å². The fourth-order valence-corrected chi connectivity index (χ4v) is 2.75. The molecular formula is C12H16N2S2. The summed E-state index contributed by atoms with van der Waals surface area (Å²) in [6.45, 7) is 5.36. The van der Waals surface area contributed by atoms with Crippen LogP contribution < -0.4 is 0 Å². The number of thiophene rings is 1. The minimum absolute atomic E-state index is 0.510. The third-order valence-corrected chi connectivity index (χ3v) is 3.93. The molecule has 0 fully saturated rings. The zero-order chi connectivity index (χ0) is 11.5. The van der Waals surface area contributed by atoms with Crippen LogP contribution in [-0.2, 0) is 13.0 Å². The van der Waals surface area contributed by atoms with Gasteiger partial charge in [0.15, 0.2) is 4.77 Å². The molecule has 0 saturated heterocycles. The first kappa shape index (κ1) is 11.6. The molecule has 16 heavy (non-hydrogen) atoms. The SMILES string of the molecule is CC(C)c1c[nH]c(=S)n1CCc1cccs1. The lowest BCUT2D eigenvalue weighted by molar-refractivity contribution is 0.630. The molecule has 0 bridgehead atoms. The minimum atomic E-state index is 0.510. The maximum absolute atomic E-state index is 5.30. The van der Waals surface area contributed by atoms with Crippen LogP contribution in [0.2, 0.25) is 0 Å². The molecule has 0 unspecified atom stereocenters. The van der Waals surface area contributed by atoms with Crippen LogP contribution in [0.1, 0.15) is 30.3 Å². The molecule has 2 heterocycles. The molecule has 2 nitrogen and oxygen atoms in total. The van der Waals surface area contributed by atoms with Gasteiger partial charge in [0.2, 0.25) is 0 Å². The molecule has 0 radical (unpaired) electrons. The minimum Gasteiger partial charge on any atom is -0.337 e. The molecule has 4 heteroatoms. The van der Waals surface area contributed by atoms with Gasteiger partial charge in [0.1, 0.15) is 0 Å².